The highest BCUT2D eigenvalue weighted by atomic mass is 19.2. The standard InChI is InChI=1S/C12H15F2NO2/c13-10-2-1-3-11(12(10)14)17-9-6-15-4-7-16-8-5-15/h1-3H,4-9H2. The zero-order valence-electron chi connectivity index (χ0n) is 9.49. The van der Waals surface area contributed by atoms with Crippen LogP contribution in [0.5, 0.6) is 5.75 Å². The second-order valence-corrected chi connectivity index (χ2v) is 3.85. The second-order valence-electron chi connectivity index (χ2n) is 3.85. The number of hydrogen-bond donors (Lipinski definition) is 0. The van der Waals surface area contributed by atoms with Gasteiger partial charge in [-0.15, -0.1) is 0 Å². The number of morpholine rings is 1. The van der Waals surface area contributed by atoms with Crippen molar-refractivity contribution in [2.75, 3.05) is 39.5 Å². The molecule has 1 aliphatic rings. The van der Waals surface area contributed by atoms with E-state index >= 15 is 0 Å². The maximum absolute atomic E-state index is 13.2. The van der Waals surface area contributed by atoms with E-state index in [2.05, 4.69) is 4.90 Å². The fourth-order valence-corrected chi connectivity index (χ4v) is 1.70. The highest BCUT2D eigenvalue weighted by Crippen LogP contribution is 2.18. The number of halogens is 2. The second kappa shape index (κ2) is 5.93. The van der Waals surface area contributed by atoms with Crippen LogP contribution < -0.4 is 4.74 Å². The van der Waals surface area contributed by atoms with Gasteiger partial charge in [0, 0.05) is 19.6 Å². The molecular weight excluding hydrogens is 228 g/mol. The van der Waals surface area contributed by atoms with Gasteiger partial charge < -0.3 is 9.47 Å². The molecule has 0 saturated carbocycles. The fourth-order valence-electron chi connectivity index (χ4n) is 1.70. The summed E-state index contributed by atoms with van der Waals surface area (Å²) in [4.78, 5) is 2.17. The molecule has 0 N–H and O–H groups in total. The maximum Gasteiger partial charge on any atom is 0.200 e. The number of benzene rings is 1. The van der Waals surface area contributed by atoms with Crippen LogP contribution in [0.2, 0.25) is 0 Å². The van der Waals surface area contributed by atoms with Gasteiger partial charge in [0.05, 0.1) is 13.2 Å². The van der Waals surface area contributed by atoms with Gasteiger partial charge in [0.1, 0.15) is 6.61 Å². The lowest BCUT2D eigenvalue weighted by atomic mass is 10.3. The Morgan fingerprint density at radius 1 is 1.24 bits per heavy atom. The third kappa shape index (κ3) is 3.38. The Morgan fingerprint density at radius 2 is 2.00 bits per heavy atom. The van der Waals surface area contributed by atoms with E-state index in [9.17, 15) is 8.78 Å². The molecule has 5 heteroatoms. The van der Waals surface area contributed by atoms with Gasteiger partial charge in [-0.25, -0.2) is 4.39 Å². The molecular formula is C12H15F2NO2. The van der Waals surface area contributed by atoms with E-state index in [1.54, 1.807) is 0 Å². The molecule has 0 bridgehead atoms. The van der Waals surface area contributed by atoms with Gasteiger partial charge in [0.15, 0.2) is 11.6 Å². The summed E-state index contributed by atoms with van der Waals surface area (Å²) in [6, 6.07) is 3.93. The van der Waals surface area contributed by atoms with Crippen LogP contribution in [0.3, 0.4) is 0 Å². The molecule has 1 heterocycles. The van der Waals surface area contributed by atoms with Crippen molar-refractivity contribution < 1.29 is 18.3 Å². The first kappa shape index (κ1) is 12.3. The summed E-state index contributed by atoms with van der Waals surface area (Å²) in [5.41, 5.74) is 0. The average molecular weight is 243 g/mol. The molecule has 0 atom stereocenters. The minimum absolute atomic E-state index is 0.0294. The Balaban J connectivity index is 1.79. The lowest BCUT2D eigenvalue weighted by Crippen LogP contribution is -2.38. The van der Waals surface area contributed by atoms with E-state index in [1.807, 2.05) is 0 Å². The van der Waals surface area contributed by atoms with Crippen molar-refractivity contribution in [2.24, 2.45) is 0 Å². The Kier molecular flexibility index (Phi) is 4.28. The SMILES string of the molecule is Fc1cccc(OCCN2CCOCC2)c1F. The molecule has 0 radical (unpaired) electrons. The summed E-state index contributed by atoms with van der Waals surface area (Å²) < 4.78 is 36.5. The quantitative estimate of drug-likeness (QED) is 0.803. The highest BCUT2D eigenvalue weighted by molar-refractivity contribution is 5.24. The molecule has 0 aromatic heterocycles. The molecule has 2 rings (SSSR count). The van der Waals surface area contributed by atoms with Crippen molar-refractivity contribution in [1.29, 1.82) is 0 Å². The molecule has 0 unspecified atom stereocenters. The van der Waals surface area contributed by atoms with E-state index in [1.165, 1.54) is 12.1 Å². The van der Waals surface area contributed by atoms with Crippen molar-refractivity contribution in [2.45, 2.75) is 0 Å². The Labute approximate surface area is 98.9 Å². The third-order valence-corrected chi connectivity index (χ3v) is 2.68. The van der Waals surface area contributed by atoms with Gasteiger partial charge >= 0.3 is 0 Å². The van der Waals surface area contributed by atoms with E-state index in [0.29, 0.717) is 26.4 Å². The molecule has 94 valence electrons. The van der Waals surface area contributed by atoms with Crippen molar-refractivity contribution in [3.63, 3.8) is 0 Å². The smallest absolute Gasteiger partial charge is 0.200 e. The summed E-state index contributed by atoms with van der Waals surface area (Å²) in [5, 5.41) is 0. The van der Waals surface area contributed by atoms with Crippen LogP contribution in [0.25, 0.3) is 0 Å². The number of hydrogen-bond acceptors (Lipinski definition) is 3. The fraction of sp³-hybridized carbons (Fsp3) is 0.500. The molecule has 1 aromatic carbocycles. The molecule has 3 nitrogen and oxygen atoms in total. The van der Waals surface area contributed by atoms with Crippen molar-refractivity contribution in [3.05, 3.63) is 29.8 Å². The van der Waals surface area contributed by atoms with Crippen LogP contribution >= 0.6 is 0 Å². The largest absolute Gasteiger partial charge is 0.489 e. The van der Waals surface area contributed by atoms with Crippen molar-refractivity contribution in [1.82, 2.24) is 4.90 Å². The summed E-state index contributed by atoms with van der Waals surface area (Å²) in [6.07, 6.45) is 0. The first-order valence-corrected chi connectivity index (χ1v) is 5.64. The first-order valence-electron chi connectivity index (χ1n) is 5.64. The predicted octanol–water partition coefficient (Wildman–Crippen LogP) is 1.68. The van der Waals surface area contributed by atoms with Crippen molar-refractivity contribution >= 4 is 0 Å². The zero-order chi connectivity index (χ0) is 12.1. The Hall–Kier alpha value is -1.20. The van der Waals surface area contributed by atoms with Gasteiger partial charge in [-0.2, -0.15) is 4.39 Å². The summed E-state index contributed by atoms with van der Waals surface area (Å²) in [6.45, 7) is 4.19. The van der Waals surface area contributed by atoms with Gasteiger partial charge in [-0.3, -0.25) is 4.90 Å². The molecule has 17 heavy (non-hydrogen) atoms. The highest BCUT2D eigenvalue weighted by Gasteiger charge is 2.11. The molecule has 1 fully saturated rings. The average Bonchev–Trinajstić information content (AvgIpc) is 2.36. The van der Waals surface area contributed by atoms with Gasteiger partial charge in [0.2, 0.25) is 5.82 Å². The van der Waals surface area contributed by atoms with E-state index < -0.39 is 11.6 Å². The van der Waals surface area contributed by atoms with E-state index in [0.717, 1.165) is 19.2 Å². The molecule has 0 aliphatic carbocycles. The minimum Gasteiger partial charge on any atom is -0.489 e. The normalized spacial score (nSPS) is 17.1. The zero-order valence-corrected chi connectivity index (χ0v) is 9.49. The van der Waals surface area contributed by atoms with Crippen LogP contribution in [0, 0.1) is 11.6 Å². The number of nitrogens with zero attached hydrogens (tertiary/aromatic N) is 1. The topological polar surface area (TPSA) is 21.7 Å². The van der Waals surface area contributed by atoms with Crippen LogP contribution in [-0.2, 0) is 4.74 Å². The summed E-state index contributed by atoms with van der Waals surface area (Å²) in [7, 11) is 0. The number of rotatable bonds is 4. The monoisotopic (exact) mass is 243 g/mol. The van der Waals surface area contributed by atoms with Gasteiger partial charge in [-0.1, -0.05) is 6.07 Å². The van der Waals surface area contributed by atoms with Gasteiger partial charge in [-0.05, 0) is 12.1 Å². The predicted molar refractivity (Wildman–Crippen MR) is 59.1 cm³/mol. The summed E-state index contributed by atoms with van der Waals surface area (Å²) in [5.74, 6) is -1.83. The molecule has 0 amide bonds. The molecule has 1 aromatic rings. The lowest BCUT2D eigenvalue weighted by molar-refractivity contribution is 0.0320. The van der Waals surface area contributed by atoms with Crippen LogP contribution in [-0.4, -0.2) is 44.4 Å². The van der Waals surface area contributed by atoms with E-state index in [-0.39, 0.29) is 5.75 Å². The Bertz CT molecular complexity index is 368. The molecule has 0 spiro atoms. The summed E-state index contributed by atoms with van der Waals surface area (Å²) >= 11 is 0. The molecule has 1 aliphatic heterocycles. The first-order chi connectivity index (χ1) is 8.27. The van der Waals surface area contributed by atoms with Crippen molar-refractivity contribution in [3.8, 4) is 5.75 Å². The van der Waals surface area contributed by atoms with Crippen LogP contribution in [0.1, 0.15) is 0 Å². The van der Waals surface area contributed by atoms with Crippen LogP contribution in [0.4, 0.5) is 8.78 Å². The maximum atomic E-state index is 13.2. The van der Waals surface area contributed by atoms with Crippen LogP contribution in [0.15, 0.2) is 18.2 Å². The third-order valence-electron chi connectivity index (χ3n) is 2.68. The van der Waals surface area contributed by atoms with E-state index in [4.69, 9.17) is 9.47 Å². The van der Waals surface area contributed by atoms with Gasteiger partial charge in [0.25, 0.3) is 0 Å². The molecule has 1 saturated heterocycles. The number of ether oxygens (including phenoxy) is 2. The Morgan fingerprint density at radius 3 is 2.76 bits per heavy atom. The lowest BCUT2D eigenvalue weighted by Gasteiger charge is -2.26. The minimum atomic E-state index is -0.922.